The summed E-state index contributed by atoms with van der Waals surface area (Å²) in [6, 6.07) is 7.15. The van der Waals surface area contributed by atoms with Crippen molar-refractivity contribution in [3.8, 4) is 0 Å². The number of allylic oxidation sites excluding steroid dienone is 8. The highest BCUT2D eigenvalue weighted by Gasteiger charge is 2.15. The molecule has 23 heavy (non-hydrogen) atoms. The van der Waals surface area contributed by atoms with E-state index in [1.54, 1.807) is 12.1 Å². The molecule has 1 aliphatic rings. The van der Waals surface area contributed by atoms with Crippen LogP contribution in [0.5, 0.6) is 0 Å². The highest BCUT2D eigenvalue weighted by atomic mass is 35.5. The van der Waals surface area contributed by atoms with Gasteiger partial charge in [0.2, 0.25) is 0 Å². The fraction of sp³-hybridized carbons (Fsp3) is 0.263. The molecule has 0 bridgehead atoms. The molecule has 4 heteroatoms. The van der Waals surface area contributed by atoms with Crippen LogP contribution in [0.1, 0.15) is 31.7 Å². The van der Waals surface area contributed by atoms with Crippen molar-refractivity contribution in [3.05, 3.63) is 70.8 Å². The maximum Gasteiger partial charge on any atom is 0.175 e. The predicted molar refractivity (Wildman–Crippen MR) is 98.2 cm³/mol. The lowest BCUT2D eigenvalue weighted by Crippen LogP contribution is -1.96. The van der Waals surface area contributed by atoms with Gasteiger partial charge in [-0.25, -0.2) is 8.42 Å². The Labute approximate surface area is 143 Å². The van der Waals surface area contributed by atoms with Gasteiger partial charge >= 0.3 is 0 Å². The number of halogens is 1. The van der Waals surface area contributed by atoms with Crippen molar-refractivity contribution in [3.63, 3.8) is 0 Å². The summed E-state index contributed by atoms with van der Waals surface area (Å²) in [5, 5.41) is 0.696. The minimum Gasteiger partial charge on any atom is -0.224 e. The van der Waals surface area contributed by atoms with Gasteiger partial charge in [0.15, 0.2) is 9.84 Å². The molecule has 0 N–H and O–H groups in total. The Kier molecular flexibility index (Phi) is 6.03. The van der Waals surface area contributed by atoms with E-state index in [0.717, 1.165) is 24.8 Å². The SMILES string of the molecule is C\C=C/C(Cl)=C\C=C\C1=C(c2ccc(S(C)(=O)=O)cc2)CCC1. The first kappa shape index (κ1) is 17.8. The molecular formula is C19H21ClO2S. The Morgan fingerprint density at radius 3 is 2.48 bits per heavy atom. The molecule has 1 aromatic rings. The van der Waals surface area contributed by atoms with Crippen LogP contribution in [0.15, 0.2) is 70.1 Å². The molecule has 122 valence electrons. The Morgan fingerprint density at radius 2 is 1.87 bits per heavy atom. The topological polar surface area (TPSA) is 34.1 Å². The van der Waals surface area contributed by atoms with E-state index in [1.807, 2.05) is 43.4 Å². The first-order valence-electron chi connectivity index (χ1n) is 7.61. The molecule has 1 aromatic carbocycles. The van der Waals surface area contributed by atoms with E-state index in [4.69, 9.17) is 11.6 Å². The van der Waals surface area contributed by atoms with Crippen molar-refractivity contribution in [2.45, 2.75) is 31.1 Å². The minimum atomic E-state index is -3.14. The Hall–Kier alpha value is -1.58. The van der Waals surface area contributed by atoms with Crippen LogP contribution in [0, 0.1) is 0 Å². The van der Waals surface area contributed by atoms with Gasteiger partial charge in [-0.3, -0.25) is 0 Å². The summed E-state index contributed by atoms with van der Waals surface area (Å²) in [6.45, 7) is 1.93. The van der Waals surface area contributed by atoms with Gasteiger partial charge in [0.1, 0.15) is 0 Å². The maximum atomic E-state index is 11.5. The third-order valence-corrected chi connectivity index (χ3v) is 5.15. The van der Waals surface area contributed by atoms with Gasteiger partial charge in [0.05, 0.1) is 4.90 Å². The van der Waals surface area contributed by atoms with Gasteiger partial charge in [-0.1, -0.05) is 42.0 Å². The predicted octanol–water partition coefficient (Wildman–Crippen LogP) is 5.28. The van der Waals surface area contributed by atoms with Crippen LogP contribution in [0.2, 0.25) is 0 Å². The second kappa shape index (κ2) is 7.80. The normalized spacial score (nSPS) is 16.9. The Balaban J connectivity index is 2.26. The molecule has 1 aliphatic carbocycles. The van der Waals surface area contributed by atoms with Gasteiger partial charge in [0, 0.05) is 11.3 Å². The maximum absolute atomic E-state index is 11.5. The molecule has 0 atom stereocenters. The van der Waals surface area contributed by atoms with Gasteiger partial charge in [-0.2, -0.15) is 0 Å². The monoisotopic (exact) mass is 348 g/mol. The van der Waals surface area contributed by atoms with Crippen molar-refractivity contribution in [1.82, 2.24) is 0 Å². The summed E-state index contributed by atoms with van der Waals surface area (Å²) >= 11 is 6.03. The zero-order valence-electron chi connectivity index (χ0n) is 13.4. The smallest absolute Gasteiger partial charge is 0.175 e. The quantitative estimate of drug-likeness (QED) is 0.678. The molecule has 0 fully saturated rings. The largest absolute Gasteiger partial charge is 0.224 e. The second-order valence-corrected chi connectivity index (χ2v) is 8.02. The van der Waals surface area contributed by atoms with E-state index in [0.29, 0.717) is 9.93 Å². The van der Waals surface area contributed by atoms with Crippen LogP contribution in [0.25, 0.3) is 5.57 Å². The third kappa shape index (κ3) is 4.95. The summed E-state index contributed by atoms with van der Waals surface area (Å²) in [7, 11) is -3.14. The van der Waals surface area contributed by atoms with Crippen molar-refractivity contribution in [2.24, 2.45) is 0 Å². The Morgan fingerprint density at radius 1 is 1.17 bits per heavy atom. The first-order chi connectivity index (χ1) is 10.9. The molecule has 0 amide bonds. The molecule has 0 saturated carbocycles. The molecular weight excluding hydrogens is 328 g/mol. The molecule has 2 rings (SSSR count). The molecule has 0 heterocycles. The van der Waals surface area contributed by atoms with E-state index in [9.17, 15) is 8.42 Å². The van der Waals surface area contributed by atoms with Gasteiger partial charge < -0.3 is 0 Å². The van der Waals surface area contributed by atoms with Crippen molar-refractivity contribution in [1.29, 1.82) is 0 Å². The van der Waals surface area contributed by atoms with E-state index >= 15 is 0 Å². The summed E-state index contributed by atoms with van der Waals surface area (Å²) in [5.41, 5.74) is 3.67. The number of hydrogen-bond acceptors (Lipinski definition) is 2. The van der Waals surface area contributed by atoms with Gasteiger partial charge in [0.25, 0.3) is 0 Å². The summed E-state index contributed by atoms with van der Waals surface area (Å²) in [4.78, 5) is 0.359. The number of rotatable bonds is 5. The van der Waals surface area contributed by atoms with Crippen LogP contribution in [-0.4, -0.2) is 14.7 Å². The molecule has 2 nitrogen and oxygen atoms in total. The first-order valence-corrected chi connectivity index (χ1v) is 9.88. The molecule has 0 spiro atoms. The minimum absolute atomic E-state index is 0.359. The van der Waals surface area contributed by atoms with Crippen LogP contribution in [0.4, 0.5) is 0 Å². The molecule has 0 aliphatic heterocycles. The van der Waals surface area contributed by atoms with Crippen LogP contribution in [-0.2, 0) is 9.84 Å². The lowest BCUT2D eigenvalue weighted by atomic mass is 10.0. The van der Waals surface area contributed by atoms with Gasteiger partial charge in [-0.05, 0) is 67.2 Å². The van der Waals surface area contributed by atoms with E-state index in [2.05, 4.69) is 6.08 Å². The molecule has 0 aromatic heterocycles. The fourth-order valence-electron chi connectivity index (χ4n) is 2.66. The average molecular weight is 349 g/mol. The van der Waals surface area contributed by atoms with Crippen molar-refractivity contribution >= 4 is 27.0 Å². The lowest BCUT2D eigenvalue weighted by molar-refractivity contribution is 0.602. The van der Waals surface area contributed by atoms with E-state index in [1.165, 1.54) is 17.4 Å². The highest BCUT2D eigenvalue weighted by molar-refractivity contribution is 7.90. The zero-order chi connectivity index (χ0) is 16.9. The van der Waals surface area contributed by atoms with E-state index in [-0.39, 0.29) is 0 Å². The lowest BCUT2D eigenvalue weighted by Gasteiger charge is -2.06. The Bertz CT molecular complexity index is 779. The zero-order valence-corrected chi connectivity index (χ0v) is 15.0. The summed E-state index contributed by atoms with van der Waals surface area (Å²) in [5.74, 6) is 0. The standard InChI is InChI=1S/C19H21ClO2S/c1-3-6-17(20)9-4-7-15-8-5-10-19(15)16-11-13-18(14-12-16)23(2,21)22/h3-4,6-7,9,11-14H,5,8,10H2,1-2H3/b6-3-,7-4+,17-9+. The summed E-state index contributed by atoms with van der Waals surface area (Å²) < 4.78 is 23.1. The second-order valence-electron chi connectivity index (χ2n) is 5.56. The number of benzene rings is 1. The van der Waals surface area contributed by atoms with Crippen LogP contribution < -0.4 is 0 Å². The van der Waals surface area contributed by atoms with Crippen LogP contribution in [0.3, 0.4) is 0 Å². The van der Waals surface area contributed by atoms with Crippen LogP contribution >= 0.6 is 11.6 Å². The van der Waals surface area contributed by atoms with E-state index < -0.39 is 9.84 Å². The summed E-state index contributed by atoms with van der Waals surface area (Å²) in [6.07, 6.45) is 14.1. The average Bonchev–Trinajstić information content (AvgIpc) is 2.95. The third-order valence-electron chi connectivity index (χ3n) is 3.77. The molecule has 0 unspecified atom stereocenters. The number of sulfone groups is 1. The van der Waals surface area contributed by atoms with Crippen molar-refractivity contribution < 1.29 is 8.42 Å². The molecule has 0 saturated heterocycles. The highest BCUT2D eigenvalue weighted by Crippen LogP contribution is 2.34. The molecule has 0 radical (unpaired) electrons. The fourth-order valence-corrected chi connectivity index (χ4v) is 3.48. The van der Waals surface area contributed by atoms with Crippen molar-refractivity contribution in [2.75, 3.05) is 6.26 Å². The number of hydrogen-bond donors (Lipinski definition) is 0. The van der Waals surface area contributed by atoms with Gasteiger partial charge in [-0.15, -0.1) is 0 Å².